The molecule has 1 heterocycles. The van der Waals surface area contributed by atoms with Crippen molar-refractivity contribution in [3.63, 3.8) is 0 Å². The molecule has 0 N–H and O–H groups in total. The van der Waals surface area contributed by atoms with Crippen molar-refractivity contribution in [2.45, 2.75) is 20.4 Å². The number of carbonyl (C=O) groups is 1. The van der Waals surface area contributed by atoms with Gasteiger partial charge in [0.1, 0.15) is 0 Å². The number of aromatic nitrogens is 1. The topological polar surface area (TPSA) is 33.2 Å². The minimum absolute atomic E-state index is 0.0624. The second kappa shape index (κ2) is 5.72. The van der Waals surface area contributed by atoms with E-state index in [9.17, 15) is 4.79 Å². The van der Waals surface area contributed by atoms with Crippen molar-refractivity contribution in [1.82, 2.24) is 4.98 Å². The summed E-state index contributed by atoms with van der Waals surface area (Å²) in [7, 11) is 1.95. The molecular weight excluding hydrogens is 280 g/mol. The molecule has 0 amide bonds. The first kappa shape index (κ1) is 14.0. The summed E-state index contributed by atoms with van der Waals surface area (Å²) in [4.78, 5) is 18.6. The molecule has 0 radical (unpaired) electrons. The second-order valence-corrected chi connectivity index (χ2v) is 5.80. The Morgan fingerprint density at radius 3 is 2.68 bits per heavy atom. The molecule has 2 aromatic rings. The maximum Gasteiger partial charge on any atom is 0.186 e. The highest BCUT2D eigenvalue weighted by molar-refractivity contribution is 7.17. The summed E-state index contributed by atoms with van der Waals surface area (Å²) < 4.78 is 0. The molecule has 19 heavy (non-hydrogen) atoms. The van der Waals surface area contributed by atoms with Gasteiger partial charge in [0.15, 0.2) is 10.9 Å². The van der Waals surface area contributed by atoms with E-state index in [4.69, 9.17) is 11.6 Å². The van der Waals surface area contributed by atoms with Gasteiger partial charge in [0.2, 0.25) is 0 Å². The highest BCUT2D eigenvalue weighted by Crippen LogP contribution is 2.27. The monoisotopic (exact) mass is 294 g/mol. The molecule has 0 fully saturated rings. The number of thiazole rings is 1. The molecule has 3 nitrogen and oxygen atoms in total. The number of nitrogens with zero attached hydrogens (tertiary/aromatic N) is 2. The lowest BCUT2D eigenvalue weighted by Gasteiger charge is -2.16. The molecule has 0 atom stereocenters. The molecule has 100 valence electrons. The zero-order chi connectivity index (χ0) is 14.0. The quantitative estimate of drug-likeness (QED) is 0.801. The third-order valence-corrected chi connectivity index (χ3v) is 4.54. The van der Waals surface area contributed by atoms with Crippen molar-refractivity contribution in [1.29, 1.82) is 0 Å². The average molecular weight is 295 g/mol. The average Bonchev–Trinajstić information content (AvgIpc) is 2.74. The number of anilines is 1. The standard InChI is InChI=1S/C14H15ClN2OS/c1-9-13(10(2)18)19-14(16-9)17(3)8-11-6-4-5-7-12(11)15/h4-7H,8H2,1-3H3. The van der Waals surface area contributed by atoms with E-state index >= 15 is 0 Å². The molecule has 5 heteroatoms. The lowest BCUT2D eigenvalue weighted by Crippen LogP contribution is -2.16. The SMILES string of the molecule is CC(=O)c1sc(N(C)Cc2ccccc2Cl)nc1C. The van der Waals surface area contributed by atoms with Gasteiger partial charge in [-0.1, -0.05) is 41.1 Å². The third kappa shape index (κ3) is 3.14. The van der Waals surface area contributed by atoms with E-state index in [1.54, 1.807) is 6.92 Å². The second-order valence-electron chi connectivity index (χ2n) is 4.41. The predicted molar refractivity (Wildman–Crippen MR) is 80.4 cm³/mol. The summed E-state index contributed by atoms with van der Waals surface area (Å²) in [6, 6.07) is 7.74. The Labute approximate surface area is 121 Å². The molecule has 0 unspecified atom stereocenters. The summed E-state index contributed by atoms with van der Waals surface area (Å²) in [5.74, 6) is 0.0624. The molecule has 0 aliphatic carbocycles. The van der Waals surface area contributed by atoms with Gasteiger partial charge in [-0.25, -0.2) is 4.98 Å². The Kier molecular flexibility index (Phi) is 4.22. The van der Waals surface area contributed by atoms with Crippen LogP contribution in [0.15, 0.2) is 24.3 Å². The van der Waals surface area contributed by atoms with Crippen LogP contribution in [0.1, 0.15) is 27.9 Å². The van der Waals surface area contributed by atoms with Crippen LogP contribution < -0.4 is 4.90 Å². The molecule has 0 bridgehead atoms. The summed E-state index contributed by atoms with van der Waals surface area (Å²) in [5, 5.41) is 1.58. The molecular formula is C14H15ClN2OS. The van der Waals surface area contributed by atoms with Crippen molar-refractivity contribution in [3.8, 4) is 0 Å². The predicted octanol–water partition coefficient (Wildman–Crippen LogP) is 3.94. The van der Waals surface area contributed by atoms with Crippen molar-refractivity contribution >= 4 is 33.9 Å². The smallest absolute Gasteiger partial charge is 0.186 e. The van der Waals surface area contributed by atoms with Crippen LogP contribution in [0.5, 0.6) is 0 Å². The number of benzene rings is 1. The number of hydrogen-bond acceptors (Lipinski definition) is 4. The number of Topliss-reactive ketones (excluding diaryl/α,β-unsaturated/α-hetero) is 1. The van der Waals surface area contributed by atoms with Crippen molar-refractivity contribution in [3.05, 3.63) is 45.4 Å². The maximum absolute atomic E-state index is 11.4. The zero-order valence-corrected chi connectivity index (χ0v) is 12.7. The van der Waals surface area contributed by atoms with Gasteiger partial charge in [0.25, 0.3) is 0 Å². The molecule has 0 aliphatic heterocycles. The van der Waals surface area contributed by atoms with Gasteiger partial charge in [-0.3, -0.25) is 4.79 Å². The number of ketones is 1. The normalized spacial score (nSPS) is 10.5. The van der Waals surface area contributed by atoms with Crippen LogP contribution in [0.3, 0.4) is 0 Å². The summed E-state index contributed by atoms with van der Waals surface area (Å²) in [6.45, 7) is 4.10. The van der Waals surface area contributed by atoms with E-state index in [0.29, 0.717) is 6.54 Å². The van der Waals surface area contributed by atoms with E-state index < -0.39 is 0 Å². The number of aryl methyl sites for hydroxylation is 1. The molecule has 0 spiro atoms. The first-order chi connectivity index (χ1) is 8.99. The van der Waals surface area contributed by atoms with Crippen molar-refractivity contribution < 1.29 is 4.79 Å². The van der Waals surface area contributed by atoms with Gasteiger partial charge in [-0.15, -0.1) is 0 Å². The Balaban J connectivity index is 2.21. The molecule has 2 rings (SSSR count). The lowest BCUT2D eigenvalue weighted by molar-refractivity contribution is 0.102. The highest BCUT2D eigenvalue weighted by Gasteiger charge is 2.14. The Morgan fingerprint density at radius 2 is 2.11 bits per heavy atom. The first-order valence-electron chi connectivity index (χ1n) is 5.92. The molecule has 0 aliphatic rings. The van der Waals surface area contributed by atoms with Gasteiger partial charge in [0, 0.05) is 25.5 Å². The maximum atomic E-state index is 11.4. The largest absolute Gasteiger partial charge is 0.347 e. The summed E-state index contributed by atoms with van der Waals surface area (Å²) in [6.07, 6.45) is 0. The highest BCUT2D eigenvalue weighted by atomic mass is 35.5. The zero-order valence-electron chi connectivity index (χ0n) is 11.1. The molecule has 0 saturated heterocycles. The first-order valence-corrected chi connectivity index (χ1v) is 7.11. The van der Waals surface area contributed by atoms with Crippen LogP contribution in [-0.2, 0) is 6.54 Å². The third-order valence-electron chi connectivity index (χ3n) is 2.80. The number of rotatable bonds is 4. The minimum Gasteiger partial charge on any atom is -0.347 e. The number of carbonyl (C=O) groups excluding carboxylic acids is 1. The number of hydrogen-bond donors (Lipinski definition) is 0. The molecule has 0 saturated carbocycles. The lowest BCUT2D eigenvalue weighted by atomic mass is 10.2. The van der Waals surface area contributed by atoms with Gasteiger partial charge < -0.3 is 4.90 Å². The van der Waals surface area contributed by atoms with Crippen LogP contribution >= 0.6 is 22.9 Å². The van der Waals surface area contributed by atoms with Crippen LogP contribution in [0.4, 0.5) is 5.13 Å². The van der Waals surface area contributed by atoms with E-state index in [2.05, 4.69) is 4.98 Å². The minimum atomic E-state index is 0.0624. The van der Waals surface area contributed by atoms with Crippen molar-refractivity contribution in [2.24, 2.45) is 0 Å². The Hall–Kier alpha value is -1.39. The van der Waals surface area contributed by atoms with E-state index in [1.165, 1.54) is 11.3 Å². The van der Waals surface area contributed by atoms with E-state index in [0.717, 1.165) is 26.3 Å². The molecule has 1 aromatic carbocycles. The van der Waals surface area contributed by atoms with Crippen LogP contribution in [0.25, 0.3) is 0 Å². The fourth-order valence-corrected chi connectivity index (χ4v) is 2.94. The Morgan fingerprint density at radius 1 is 1.42 bits per heavy atom. The van der Waals surface area contributed by atoms with Crippen molar-refractivity contribution in [2.75, 3.05) is 11.9 Å². The molecule has 1 aromatic heterocycles. The Bertz CT molecular complexity index is 609. The van der Waals surface area contributed by atoms with Gasteiger partial charge in [-0.05, 0) is 18.6 Å². The summed E-state index contributed by atoms with van der Waals surface area (Å²) in [5.41, 5.74) is 1.84. The summed E-state index contributed by atoms with van der Waals surface area (Å²) >= 11 is 7.57. The van der Waals surface area contributed by atoms with Gasteiger partial charge >= 0.3 is 0 Å². The number of halogens is 1. The van der Waals surface area contributed by atoms with Gasteiger partial charge in [0.05, 0.1) is 10.6 Å². The van der Waals surface area contributed by atoms with Crippen LogP contribution in [0, 0.1) is 6.92 Å². The fourth-order valence-electron chi connectivity index (χ4n) is 1.82. The van der Waals surface area contributed by atoms with Crippen LogP contribution in [-0.4, -0.2) is 17.8 Å². The van der Waals surface area contributed by atoms with E-state index in [-0.39, 0.29) is 5.78 Å². The van der Waals surface area contributed by atoms with Gasteiger partial charge in [-0.2, -0.15) is 0 Å². The van der Waals surface area contributed by atoms with E-state index in [1.807, 2.05) is 43.1 Å². The fraction of sp³-hybridized carbons (Fsp3) is 0.286. The van der Waals surface area contributed by atoms with Crippen LogP contribution in [0.2, 0.25) is 5.02 Å².